The Morgan fingerprint density at radius 1 is 1.26 bits per heavy atom. The van der Waals surface area contributed by atoms with E-state index in [2.05, 4.69) is 10.3 Å². The lowest BCUT2D eigenvalue weighted by atomic mass is 10.0. The maximum absolute atomic E-state index is 9.44. The fourth-order valence-electron chi connectivity index (χ4n) is 2.55. The van der Waals surface area contributed by atoms with Crippen molar-refractivity contribution in [3.8, 4) is 11.5 Å². The Bertz CT molecular complexity index is 691. The number of phenols is 1. The van der Waals surface area contributed by atoms with Crippen LogP contribution < -0.4 is 15.8 Å². The fourth-order valence-corrected chi connectivity index (χ4v) is 2.55. The van der Waals surface area contributed by atoms with Crippen molar-refractivity contribution < 1.29 is 9.84 Å². The number of phenolic OH excluding ortho intramolecular Hbond substituents is 1. The molecule has 2 aromatic carbocycles. The van der Waals surface area contributed by atoms with Crippen LogP contribution in [-0.4, -0.2) is 17.7 Å². The normalized spacial score (nSPS) is 16.7. The van der Waals surface area contributed by atoms with Crippen LogP contribution in [0.3, 0.4) is 0 Å². The van der Waals surface area contributed by atoms with Gasteiger partial charge in [0.1, 0.15) is 11.5 Å². The number of hydrogen-bond acceptors (Lipinski definition) is 3. The van der Waals surface area contributed by atoms with Crippen LogP contribution >= 0.6 is 24.0 Å². The van der Waals surface area contributed by atoms with E-state index in [0.29, 0.717) is 19.1 Å². The minimum atomic E-state index is 0. The maximum atomic E-state index is 9.44. The lowest BCUT2D eigenvalue weighted by Crippen LogP contribution is -2.37. The highest BCUT2D eigenvalue weighted by atomic mass is 127. The zero-order valence-electron chi connectivity index (χ0n) is 12.6. The molecule has 122 valence electrons. The van der Waals surface area contributed by atoms with Gasteiger partial charge in [0.2, 0.25) is 0 Å². The van der Waals surface area contributed by atoms with Crippen molar-refractivity contribution in [1.82, 2.24) is 5.32 Å². The molecule has 0 saturated heterocycles. The Kier molecular flexibility index (Phi) is 6.09. The summed E-state index contributed by atoms with van der Waals surface area (Å²) in [5, 5.41) is 12.7. The van der Waals surface area contributed by atoms with E-state index < -0.39 is 0 Å². The standard InChI is InChI=1S/C17H19N3O2.HI/c18-17(19-11-12-4-3-5-13(21)10-12)20-15-8-9-22-16-7-2-1-6-14(15)16;/h1-7,10,15,21H,8-9,11H2,(H3,18,19,20);1H. The fraction of sp³-hybridized carbons (Fsp3) is 0.235. The van der Waals surface area contributed by atoms with Gasteiger partial charge in [-0.25, -0.2) is 4.99 Å². The largest absolute Gasteiger partial charge is 0.508 e. The molecular formula is C17H20IN3O2. The first-order valence-electron chi connectivity index (χ1n) is 7.28. The van der Waals surface area contributed by atoms with Gasteiger partial charge in [-0.1, -0.05) is 30.3 Å². The molecule has 1 atom stereocenters. The molecule has 4 N–H and O–H groups in total. The summed E-state index contributed by atoms with van der Waals surface area (Å²) in [4.78, 5) is 4.33. The summed E-state index contributed by atoms with van der Waals surface area (Å²) in [6.07, 6.45) is 0.847. The van der Waals surface area contributed by atoms with Crippen LogP contribution in [0, 0.1) is 0 Å². The molecular weight excluding hydrogens is 405 g/mol. The van der Waals surface area contributed by atoms with E-state index in [-0.39, 0.29) is 35.8 Å². The molecule has 0 saturated carbocycles. The Labute approximate surface area is 152 Å². The molecule has 0 aromatic heterocycles. The first-order valence-corrected chi connectivity index (χ1v) is 7.28. The van der Waals surface area contributed by atoms with Gasteiger partial charge in [0.05, 0.1) is 19.2 Å². The molecule has 23 heavy (non-hydrogen) atoms. The van der Waals surface area contributed by atoms with E-state index in [1.54, 1.807) is 18.2 Å². The quantitative estimate of drug-likeness (QED) is 0.402. The molecule has 1 unspecified atom stereocenters. The second kappa shape index (κ2) is 8.05. The summed E-state index contributed by atoms with van der Waals surface area (Å²) in [6, 6.07) is 15.1. The number of guanidine groups is 1. The van der Waals surface area contributed by atoms with E-state index in [0.717, 1.165) is 23.3 Å². The predicted molar refractivity (Wildman–Crippen MR) is 101 cm³/mol. The first-order chi connectivity index (χ1) is 10.7. The number of aliphatic imine (C=N–C) groups is 1. The minimum Gasteiger partial charge on any atom is -0.508 e. The molecule has 3 rings (SSSR count). The number of nitrogens with two attached hydrogens (primary N) is 1. The Balaban J connectivity index is 0.00000192. The zero-order chi connectivity index (χ0) is 15.4. The second-order valence-electron chi connectivity index (χ2n) is 5.24. The van der Waals surface area contributed by atoms with Crippen LogP contribution in [0.1, 0.15) is 23.6 Å². The van der Waals surface area contributed by atoms with Crippen molar-refractivity contribution in [3.63, 3.8) is 0 Å². The second-order valence-corrected chi connectivity index (χ2v) is 5.24. The Hall–Kier alpha value is -1.96. The highest BCUT2D eigenvalue weighted by molar-refractivity contribution is 14.0. The number of ether oxygens (including phenoxy) is 1. The Morgan fingerprint density at radius 3 is 2.91 bits per heavy atom. The van der Waals surface area contributed by atoms with Crippen molar-refractivity contribution >= 4 is 29.9 Å². The van der Waals surface area contributed by atoms with Gasteiger partial charge in [-0.15, -0.1) is 24.0 Å². The number of rotatable bonds is 3. The third kappa shape index (κ3) is 4.51. The van der Waals surface area contributed by atoms with Gasteiger partial charge in [-0.05, 0) is 23.8 Å². The van der Waals surface area contributed by atoms with E-state index in [9.17, 15) is 5.11 Å². The van der Waals surface area contributed by atoms with E-state index in [1.165, 1.54) is 0 Å². The SMILES string of the molecule is I.NC(=NCc1cccc(O)c1)NC1CCOc2ccccc21. The van der Waals surface area contributed by atoms with Crippen molar-refractivity contribution in [2.45, 2.75) is 19.0 Å². The molecule has 5 nitrogen and oxygen atoms in total. The summed E-state index contributed by atoms with van der Waals surface area (Å²) in [6.45, 7) is 1.09. The van der Waals surface area contributed by atoms with Gasteiger partial charge >= 0.3 is 0 Å². The van der Waals surface area contributed by atoms with Crippen LogP contribution in [0.4, 0.5) is 0 Å². The molecule has 1 aliphatic heterocycles. The van der Waals surface area contributed by atoms with Crippen molar-refractivity contribution in [3.05, 3.63) is 59.7 Å². The van der Waals surface area contributed by atoms with Gasteiger partial charge in [0, 0.05) is 12.0 Å². The molecule has 0 aliphatic carbocycles. The van der Waals surface area contributed by atoms with Gasteiger partial charge in [-0.2, -0.15) is 0 Å². The summed E-state index contributed by atoms with van der Waals surface area (Å²) in [7, 11) is 0. The number of fused-ring (bicyclic) bond motifs is 1. The molecule has 0 bridgehead atoms. The number of nitrogens with zero attached hydrogens (tertiary/aromatic N) is 1. The number of halogens is 1. The molecule has 0 fully saturated rings. The monoisotopic (exact) mass is 425 g/mol. The third-order valence-electron chi connectivity index (χ3n) is 3.62. The van der Waals surface area contributed by atoms with Gasteiger partial charge in [0.15, 0.2) is 5.96 Å². The van der Waals surface area contributed by atoms with E-state index in [1.807, 2.05) is 30.3 Å². The average molecular weight is 425 g/mol. The molecule has 0 radical (unpaired) electrons. The van der Waals surface area contributed by atoms with E-state index in [4.69, 9.17) is 10.5 Å². The lowest BCUT2D eigenvalue weighted by molar-refractivity contribution is 0.262. The van der Waals surface area contributed by atoms with Crippen LogP contribution in [0.25, 0.3) is 0 Å². The highest BCUT2D eigenvalue weighted by Gasteiger charge is 2.21. The summed E-state index contributed by atoms with van der Waals surface area (Å²) in [5.41, 5.74) is 8.00. The van der Waals surface area contributed by atoms with Crippen molar-refractivity contribution in [1.29, 1.82) is 0 Å². The Morgan fingerprint density at radius 2 is 2.09 bits per heavy atom. The molecule has 1 heterocycles. The molecule has 1 aliphatic rings. The van der Waals surface area contributed by atoms with Crippen LogP contribution in [0.5, 0.6) is 11.5 Å². The minimum absolute atomic E-state index is 0. The number of hydrogen-bond donors (Lipinski definition) is 3. The number of para-hydroxylation sites is 1. The molecule has 2 aromatic rings. The predicted octanol–water partition coefficient (Wildman–Crippen LogP) is 2.94. The molecule has 0 amide bonds. The summed E-state index contributed by atoms with van der Waals surface area (Å²) >= 11 is 0. The third-order valence-corrected chi connectivity index (χ3v) is 3.62. The van der Waals surface area contributed by atoms with Crippen LogP contribution in [0.15, 0.2) is 53.5 Å². The maximum Gasteiger partial charge on any atom is 0.189 e. The summed E-state index contributed by atoms with van der Waals surface area (Å²) in [5.74, 6) is 1.52. The smallest absolute Gasteiger partial charge is 0.189 e. The van der Waals surface area contributed by atoms with Gasteiger partial charge in [0.25, 0.3) is 0 Å². The molecule has 0 spiro atoms. The van der Waals surface area contributed by atoms with Gasteiger partial charge < -0.3 is 20.9 Å². The highest BCUT2D eigenvalue weighted by Crippen LogP contribution is 2.31. The average Bonchev–Trinajstić information content (AvgIpc) is 2.53. The number of benzene rings is 2. The number of nitrogens with one attached hydrogen (secondary N) is 1. The topological polar surface area (TPSA) is 79.9 Å². The van der Waals surface area contributed by atoms with Crippen LogP contribution in [0.2, 0.25) is 0 Å². The summed E-state index contributed by atoms with van der Waals surface area (Å²) < 4.78 is 5.63. The van der Waals surface area contributed by atoms with Crippen LogP contribution in [-0.2, 0) is 6.54 Å². The molecule has 6 heteroatoms. The first kappa shape index (κ1) is 17.4. The lowest BCUT2D eigenvalue weighted by Gasteiger charge is -2.26. The zero-order valence-corrected chi connectivity index (χ0v) is 14.9. The van der Waals surface area contributed by atoms with E-state index >= 15 is 0 Å². The van der Waals surface area contributed by atoms with Gasteiger partial charge in [-0.3, -0.25) is 0 Å². The number of aromatic hydroxyl groups is 1. The van der Waals surface area contributed by atoms with Crippen molar-refractivity contribution in [2.24, 2.45) is 10.7 Å². The van der Waals surface area contributed by atoms with Crippen molar-refractivity contribution in [2.75, 3.05) is 6.61 Å².